The third kappa shape index (κ3) is 5.59. The summed E-state index contributed by atoms with van der Waals surface area (Å²) < 4.78 is 0. The third-order valence-corrected chi connectivity index (χ3v) is 5.84. The van der Waals surface area contributed by atoms with Gasteiger partial charge < -0.3 is 5.32 Å². The van der Waals surface area contributed by atoms with Gasteiger partial charge in [0.15, 0.2) is 5.13 Å². The molecule has 1 aromatic heterocycles. The third-order valence-electron chi connectivity index (χ3n) is 3.73. The van der Waals surface area contributed by atoms with Crippen LogP contribution in [-0.4, -0.2) is 16.6 Å². The highest BCUT2D eigenvalue weighted by molar-refractivity contribution is 7.99. The van der Waals surface area contributed by atoms with Crippen molar-refractivity contribution in [2.45, 2.75) is 24.7 Å². The van der Waals surface area contributed by atoms with E-state index in [1.54, 1.807) is 11.8 Å². The summed E-state index contributed by atoms with van der Waals surface area (Å²) in [5.41, 5.74) is 3.17. The molecule has 2 aromatic carbocycles. The molecule has 0 aliphatic heterocycles. The fourth-order valence-corrected chi connectivity index (χ4v) is 4.04. The van der Waals surface area contributed by atoms with Gasteiger partial charge in [0.05, 0.1) is 5.69 Å². The van der Waals surface area contributed by atoms with E-state index in [9.17, 15) is 4.79 Å². The van der Waals surface area contributed by atoms with Gasteiger partial charge in [-0.15, -0.1) is 23.1 Å². The van der Waals surface area contributed by atoms with Crippen molar-refractivity contribution in [3.05, 3.63) is 64.5 Å². The number of hydrogen-bond donors (Lipinski definition) is 1. The molecule has 26 heavy (non-hydrogen) atoms. The summed E-state index contributed by atoms with van der Waals surface area (Å²) in [6, 6.07) is 16.0. The van der Waals surface area contributed by atoms with E-state index < -0.39 is 0 Å². The van der Waals surface area contributed by atoms with Crippen LogP contribution in [0.15, 0.2) is 58.8 Å². The summed E-state index contributed by atoms with van der Waals surface area (Å²) in [5, 5.41) is 6.25. The highest BCUT2D eigenvalue weighted by atomic mass is 35.5. The summed E-state index contributed by atoms with van der Waals surface area (Å²) >= 11 is 9.05. The maximum absolute atomic E-state index is 12.1. The molecule has 3 nitrogen and oxygen atoms in total. The Labute approximate surface area is 166 Å². The molecule has 0 bridgehead atoms. The Hall–Kier alpha value is -1.82. The minimum absolute atomic E-state index is 0.00603. The van der Waals surface area contributed by atoms with Crippen molar-refractivity contribution in [1.29, 1.82) is 0 Å². The second-order valence-corrected chi connectivity index (χ2v) is 8.32. The average Bonchev–Trinajstić information content (AvgIpc) is 3.09. The van der Waals surface area contributed by atoms with Crippen LogP contribution < -0.4 is 5.32 Å². The minimum Gasteiger partial charge on any atom is -0.302 e. The molecule has 134 valence electrons. The lowest BCUT2D eigenvalue weighted by atomic mass is 10.1. The first-order valence-corrected chi connectivity index (χ1v) is 10.6. The molecule has 1 heterocycles. The van der Waals surface area contributed by atoms with Crippen LogP contribution in [0.4, 0.5) is 5.13 Å². The maximum Gasteiger partial charge on any atom is 0.226 e. The number of nitrogens with zero attached hydrogens (tertiary/aromatic N) is 1. The lowest BCUT2D eigenvalue weighted by molar-refractivity contribution is -0.116. The molecular weight excluding hydrogens is 384 g/mol. The number of aromatic nitrogens is 1. The molecule has 6 heteroatoms. The first-order valence-electron chi connectivity index (χ1n) is 8.31. The van der Waals surface area contributed by atoms with Crippen LogP contribution in [0.1, 0.15) is 18.4 Å². The molecule has 0 aliphatic carbocycles. The topological polar surface area (TPSA) is 42.0 Å². The smallest absolute Gasteiger partial charge is 0.226 e. The number of anilines is 1. The molecule has 3 aromatic rings. The Balaban J connectivity index is 1.43. The van der Waals surface area contributed by atoms with Gasteiger partial charge in [-0.3, -0.25) is 4.79 Å². The van der Waals surface area contributed by atoms with Crippen molar-refractivity contribution >= 4 is 45.7 Å². The van der Waals surface area contributed by atoms with E-state index in [0.29, 0.717) is 11.6 Å². The maximum atomic E-state index is 12.1. The summed E-state index contributed by atoms with van der Waals surface area (Å²) in [7, 11) is 0. The molecule has 0 aliphatic rings. The summed E-state index contributed by atoms with van der Waals surface area (Å²) in [5.74, 6) is 0.896. The van der Waals surface area contributed by atoms with Crippen LogP contribution in [0, 0.1) is 6.92 Å². The molecule has 3 rings (SSSR count). The molecule has 1 amide bonds. The quantitative estimate of drug-likeness (QED) is 0.373. The van der Waals surface area contributed by atoms with E-state index in [-0.39, 0.29) is 5.91 Å². The summed E-state index contributed by atoms with van der Waals surface area (Å²) in [4.78, 5) is 17.8. The van der Waals surface area contributed by atoms with Gasteiger partial charge in [0.1, 0.15) is 0 Å². The lowest BCUT2D eigenvalue weighted by Crippen LogP contribution is -2.11. The monoisotopic (exact) mass is 402 g/mol. The highest BCUT2D eigenvalue weighted by Crippen LogP contribution is 2.25. The van der Waals surface area contributed by atoms with Crippen LogP contribution in [0.5, 0.6) is 0 Å². The van der Waals surface area contributed by atoms with Gasteiger partial charge in [-0.2, -0.15) is 0 Å². The number of carbonyl (C=O) groups excluding carboxylic acids is 1. The fourth-order valence-electron chi connectivity index (χ4n) is 2.32. The number of aryl methyl sites for hydroxylation is 1. The van der Waals surface area contributed by atoms with Crippen LogP contribution >= 0.6 is 34.7 Å². The van der Waals surface area contributed by atoms with E-state index in [1.165, 1.54) is 16.9 Å². The van der Waals surface area contributed by atoms with E-state index >= 15 is 0 Å². The fraction of sp³-hybridized carbons (Fsp3) is 0.200. The lowest BCUT2D eigenvalue weighted by Gasteiger charge is -2.03. The van der Waals surface area contributed by atoms with E-state index in [4.69, 9.17) is 11.6 Å². The number of nitrogens with one attached hydrogen (secondary N) is 1. The number of hydrogen-bond acceptors (Lipinski definition) is 4. The Bertz CT molecular complexity index is 860. The van der Waals surface area contributed by atoms with Gasteiger partial charge in [-0.05, 0) is 43.4 Å². The summed E-state index contributed by atoms with van der Waals surface area (Å²) in [6.07, 6.45) is 1.30. The zero-order valence-electron chi connectivity index (χ0n) is 14.4. The molecule has 0 saturated carbocycles. The van der Waals surface area contributed by atoms with E-state index in [1.807, 2.05) is 41.8 Å². The SMILES string of the molecule is Cc1ccc(-c2csc(NC(=O)CCCSc3ccc(Cl)cc3)n2)cc1. The number of benzene rings is 2. The molecule has 0 atom stereocenters. The van der Waals surface area contributed by atoms with Gasteiger partial charge in [0.25, 0.3) is 0 Å². The van der Waals surface area contributed by atoms with Gasteiger partial charge in [0.2, 0.25) is 5.91 Å². The minimum atomic E-state index is 0.00603. The van der Waals surface area contributed by atoms with E-state index in [2.05, 4.69) is 29.4 Å². The molecule has 0 spiro atoms. The van der Waals surface area contributed by atoms with Crippen LogP contribution in [0.2, 0.25) is 5.02 Å². The van der Waals surface area contributed by atoms with Gasteiger partial charge in [-0.1, -0.05) is 41.4 Å². The molecule has 0 unspecified atom stereocenters. The van der Waals surface area contributed by atoms with Crippen molar-refractivity contribution < 1.29 is 4.79 Å². The van der Waals surface area contributed by atoms with Crippen LogP contribution in [-0.2, 0) is 4.79 Å². The van der Waals surface area contributed by atoms with Gasteiger partial charge in [0, 0.05) is 27.3 Å². The second kappa shape index (κ2) is 9.21. The number of thiazole rings is 1. The largest absolute Gasteiger partial charge is 0.302 e. The number of carbonyl (C=O) groups is 1. The standard InChI is InChI=1S/C20H19ClN2OS2/c1-14-4-6-15(7-5-14)18-13-26-20(22-18)23-19(24)3-2-12-25-17-10-8-16(21)9-11-17/h4-11,13H,2-3,12H2,1H3,(H,22,23,24). The van der Waals surface area contributed by atoms with Crippen molar-refractivity contribution in [3.63, 3.8) is 0 Å². The van der Waals surface area contributed by atoms with Crippen molar-refractivity contribution in [3.8, 4) is 11.3 Å². The number of thioether (sulfide) groups is 1. The Morgan fingerprint density at radius 1 is 1.15 bits per heavy atom. The van der Waals surface area contributed by atoms with Crippen molar-refractivity contribution in [2.24, 2.45) is 0 Å². The normalized spacial score (nSPS) is 10.7. The Morgan fingerprint density at radius 3 is 2.62 bits per heavy atom. The molecular formula is C20H19ClN2OS2. The second-order valence-electron chi connectivity index (χ2n) is 5.86. The molecule has 0 radical (unpaired) electrons. The first kappa shape index (κ1) is 19.0. The van der Waals surface area contributed by atoms with Crippen LogP contribution in [0.3, 0.4) is 0 Å². The summed E-state index contributed by atoms with van der Waals surface area (Å²) in [6.45, 7) is 2.06. The Morgan fingerprint density at radius 2 is 1.88 bits per heavy atom. The van der Waals surface area contributed by atoms with E-state index in [0.717, 1.165) is 33.3 Å². The number of rotatable bonds is 7. The number of halogens is 1. The van der Waals surface area contributed by atoms with Gasteiger partial charge in [-0.25, -0.2) is 4.98 Å². The average molecular weight is 403 g/mol. The zero-order valence-corrected chi connectivity index (χ0v) is 16.8. The zero-order chi connectivity index (χ0) is 18.4. The number of amides is 1. The first-order chi connectivity index (χ1) is 12.6. The van der Waals surface area contributed by atoms with Crippen molar-refractivity contribution in [1.82, 2.24) is 4.98 Å². The Kier molecular flexibility index (Phi) is 6.72. The predicted octanol–water partition coefficient (Wildman–Crippen LogP) is 6.28. The molecule has 0 fully saturated rings. The van der Waals surface area contributed by atoms with Gasteiger partial charge >= 0.3 is 0 Å². The highest BCUT2D eigenvalue weighted by Gasteiger charge is 2.08. The predicted molar refractivity (Wildman–Crippen MR) is 112 cm³/mol. The molecule has 0 saturated heterocycles. The molecule has 1 N–H and O–H groups in total. The van der Waals surface area contributed by atoms with Crippen molar-refractivity contribution in [2.75, 3.05) is 11.1 Å². The van der Waals surface area contributed by atoms with Crippen LogP contribution in [0.25, 0.3) is 11.3 Å².